The number of benzene rings is 1. The van der Waals surface area contributed by atoms with Gasteiger partial charge in [-0.2, -0.15) is 0 Å². The predicted molar refractivity (Wildman–Crippen MR) is 116 cm³/mol. The molecule has 7 nitrogen and oxygen atoms in total. The number of hydrogen-bond donors (Lipinski definition) is 2. The summed E-state index contributed by atoms with van der Waals surface area (Å²) in [7, 11) is 0. The third kappa shape index (κ3) is 6.67. The molecule has 2 aliphatic rings. The Balaban J connectivity index is 1.59. The summed E-state index contributed by atoms with van der Waals surface area (Å²) in [4.78, 5) is 20.8. The van der Waals surface area contributed by atoms with Gasteiger partial charge in [-0.1, -0.05) is 12.1 Å². The summed E-state index contributed by atoms with van der Waals surface area (Å²) >= 11 is 0. The molecule has 2 aliphatic heterocycles. The van der Waals surface area contributed by atoms with E-state index in [0.717, 1.165) is 63.6 Å². The molecule has 2 heterocycles. The molecule has 1 atom stereocenters. The Hall–Kier alpha value is -2.19. The summed E-state index contributed by atoms with van der Waals surface area (Å²) in [5, 5.41) is 6.65. The largest absolute Gasteiger partial charge is 0.379 e. The van der Waals surface area contributed by atoms with Gasteiger partial charge in [-0.15, -0.1) is 0 Å². The van der Waals surface area contributed by atoms with Crippen molar-refractivity contribution in [2.45, 2.75) is 32.2 Å². The number of amides is 1. The van der Waals surface area contributed by atoms with Crippen molar-refractivity contribution >= 4 is 11.9 Å². The third-order valence-corrected chi connectivity index (χ3v) is 5.56. The molecule has 1 aromatic rings. The summed E-state index contributed by atoms with van der Waals surface area (Å²) < 4.78 is 19.3. The minimum atomic E-state index is -0.226. The zero-order valence-corrected chi connectivity index (χ0v) is 17.9. The molecule has 2 fully saturated rings. The van der Waals surface area contributed by atoms with Gasteiger partial charge >= 0.3 is 0 Å². The molecular formula is C22H34FN5O2. The first kappa shape index (κ1) is 22.5. The number of aliphatic imine (C=N–C) groups is 1. The van der Waals surface area contributed by atoms with Crippen LogP contribution in [0, 0.1) is 5.82 Å². The number of guanidine groups is 1. The summed E-state index contributed by atoms with van der Waals surface area (Å²) in [6.45, 7) is 8.72. The average Bonchev–Trinajstić information content (AvgIpc) is 3.17. The van der Waals surface area contributed by atoms with Crippen LogP contribution >= 0.6 is 0 Å². The second-order valence-corrected chi connectivity index (χ2v) is 7.70. The molecule has 1 aromatic carbocycles. The monoisotopic (exact) mass is 419 g/mol. The zero-order valence-electron chi connectivity index (χ0n) is 17.9. The molecule has 8 heteroatoms. The first-order valence-electron chi connectivity index (χ1n) is 11.0. The average molecular weight is 420 g/mol. The molecule has 0 bridgehead atoms. The Kier molecular flexibility index (Phi) is 8.89. The lowest BCUT2D eigenvalue weighted by atomic mass is 10.0. The summed E-state index contributed by atoms with van der Waals surface area (Å²) in [6, 6.07) is 6.79. The van der Waals surface area contributed by atoms with Crippen LogP contribution in [0.3, 0.4) is 0 Å². The van der Waals surface area contributed by atoms with Gasteiger partial charge in [-0.25, -0.2) is 4.39 Å². The van der Waals surface area contributed by atoms with Crippen LogP contribution in [0.4, 0.5) is 4.39 Å². The highest BCUT2D eigenvalue weighted by atomic mass is 19.1. The van der Waals surface area contributed by atoms with Crippen LogP contribution < -0.4 is 10.6 Å². The Morgan fingerprint density at radius 3 is 2.80 bits per heavy atom. The second-order valence-electron chi connectivity index (χ2n) is 7.70. The Morgan fingerprint density at radius 1 is 1.27 bits per heavy atom. The standard InChI is InChI=1S/C22H34FN5O2/c1-2-24-22(25-9-5-11-28-10-4-8-21(28)29)26-17-20(27-12-14-30-15-13-27)18-6-3-7-19(23)16-18/h3,6-7,16,20H,2,4-5,8-15,17H2,1H3,(H2,24,25,26). The van der Waals surface area contributed by atoms with Crippen molar-refractivity contribution in [1.82, 2.24) is 20.4 Å². The number of carbonyl (C=O) groups excluding carboxylic acids is 1. The number of halogens is 1. The first-order chi connectivity index (χ1) is 14.7. The molecule has 3 rings (SSSR count). The van der Waals surface area contributed by atoms with Gasteiger partial charge < -0.3 is 20.3 Å². The molecule has 0 aliphatic carbocycles. The number of nitrogens with zero attached hydrogens (tertiary/aromatic N) is 3. The molecule has 0 saturated carbocycles. The number of carbonyl (C=O) groups is 1. The van der Waals surface area contributed by atoms with Gasteiger partial charge in [0.05, 0.1) is 25.8 Å². The smallest absolute Gasteiger partial charge is 0.222 e. The maximum absolute atomic E-state index is 13.8. The van der Waals surface area contributed by atoms with Crippen molar-refractivity contribution in [3.8, 4) is 0 Å². The van der Waals surface area contributed by atoms with Crippen LogP contribution in [-0.2, 0) is 9.53 Å². The van der Waals surface area contributed by atoms with E-state index in [-0.39, 0.29) is 17.8 Å². The van der Waals surface area contributed by atoms with Crippen LogP contribution in [0.5, 0.6) is 0 Å². The van der Waals surface area contributed by atoms with Crippen LogP contribution in [0.25, 0.3) is 0 Å². The van der Waals surface area contributed by atoms with E-state index >= 15 is 0 Å². The topological polar surface area (TPSA) is 69.2 Å². The quantitative estimate of drug-likeness (QED) is 0.363. The number of hydrogen-bond acceptors (Lipinski definition) is 4. The van der Waals surface area contributed by atoms with Crippen LogP contribution in [0.1, 0.15) is 37.8 Å². The highest BCUT2D eigenvalue weighted by molar-refractivity contribution is 5.80. The molecule has 0 spiro atoms. The fourth-order valence-electron chi connectivity index (χ4n) is 3.97. The molecule has 166 valence electrons. The third-order valence-electron chi connectivity index (χ3n) is 5.56. The van der Waals surface area contributed by atoms with Crippen molar-refractivity contribution in [3.05, 3.63) is 35.6 Å². The molecule has 0 radical (unpaired) electrons. The van der Waals surface area contributed by atoms with Crippen LogP contribution in [-0.4, -0.2) is 80.7 Å². The molecule has 1 unspecified atom stereocenters. The Morgan fingerprint density at radius 2 is 2.10 bits per heavy atom. The zero-order chi connectivity index (χ0) is 21.2. The number of morpholine rings is 1. The lowest BCUT2D eigenvalue weighted by Crippen LogP contribution is -2.42. The van der Waals surface area contributed by atoms with Gasteiger partial charge in [0.25, 0.3) is 0 Å². The maximum Gasteiger partial charge on any atom is 0.222 e. The van der Waals surface area contributed by atoms with Crippen molar-refractivity contribution in [3.63, 3.8) is 0 Å². The predicted octanol–water partition coefficient (Wildman–Crippen LogP) is 1.77. The van der Waals surface area contributed by atoms with E-state index in [4.69, 9.17) is 9.73 Å². The van der Waals surface area contributed by atoms with Crippen molar-refractivity contribution in [2.24, 2.45) is 4.99 Å². The molecule has 1 amide bonds. The molecule has 2 N–H and O–H groups in total. The van der Waals surface area contributed by atoms with Gasteiger partial charge in [0.15, 0.2) is 5.96 Å². The minimum Gasteiger partial charge on any atom is -0.379 e. The Bertz CT molecular complexity index is 709. The van der Waals surface area contributed by atoms with Gasteiger partial charge in [0, 0.05) is 45.7 Å². The normalized spacial score (nSPS) is 19.2. The fourth-order valence-corrected chi connectivity index (χ4v) is 3.97. The van der Waals surface area contributed by atoms with E-state index in [1.54, 1.807) is 12.1 Å². The number of ether oxygens (including phenoxy) is 1. The number of likely N-dealkylation sites (tertiary alicyclic amines) is 1. The fraction of sp³-hybridized carbons (Fsp3) is 0.636. The first-order valence-corrected chi connectivity index (χ1v) is 11.0. The molecule has 30 heavy (non-hydrogen) atoms. The highest BCUT2D eigenvalue weighted by Crippen LogP contribution is 2.23. The second kappa shape index (κ2) is 11.9. The van der Waals surface area contributed by atoms with E-state index in [9.17, 15) is 9.18 Å². The van der Waals surface area contributed by atoms with Gasteiger partial charge in [0.2, 0.25) is 5.91 Å². The van der Waals surface area contributed by atoms with E-state index in [2.05, 4.69) is 15.5 Å². The van der Waals surface area contributed by atoms with Crippen LogP contribution in [0.2, 0.25) is 0 Å². The van der Waals surface area contributed by atoms with E-state index in [1.807, 2.05) is 17.9 Å². The van der Waals surface area contributed by atoms with E-state index in [0.29, 0.717) is 26.2 Å². The lowest BCUT2D eigenvalue weighted by Gasteiger charge is -2.34. The molecule has 2 saturated heterocycles. The minimum absolute atomic E-state index is 0.00211. The Labute approximate surface area is 178 Å². The number of rotatable bonds is 9. The van der Waals surface area contributed by atoms with Gasteiger partial charge in [-0.05, 0) is 37.5 Å². The van der Waals surface area contributed by atoms with Crippen LogP contribution in [0.15, 0.2) is 29.3 Å². The summed E-state index contributed by atoms with van der Waals surface area (Å²) in [5.74, 6) is 0.787. The summed E-state index contributed by atoms with van der Waals surface area (Å²) in [5.41, 5.74) is 0.934. The van der Waals surface area contributed by atoms with Gasteiger partial charge in [0.1, 0.15) is 5.82 Å². The van der Waals surface area contributed by atoms with E-state index in [1.165, 1.54) is 6.07 Å². The van der Waals surface area contributed by atoms with Crippen molar-refractivity contribution < 1.29 is 13.9 Å². The number of nitrogens with one attached hydrogen (secondary N) is 2. The highest BCUT2D eigenvalue weighted by Gasteiger charge is 2.23. The molecular weight excluding hydrogens is 385 g/mol. The van der Waals surface area contributed by atoms with Crippen molar-refractivity contribution in [2.75, 3.05) is 59.0 Å². The molecule has 0 aromatic heterocycles. The van der Waals surface area contributed by atoms with Gasteiger partial charge in [-0.3, -0.25) is 14.7 Å². The maximum atomic E-state index is 13.8. The SMILES string of the molecule is CCNC(=NCC(c1cccc(F)c1)N1CCOCC1)NCCCN1CCCC1=O. The van der Waals surface area contributed by atoms with E-state index < -0.39 is 0 Å². The summed E-state index contributed by atoms with van der Waals surface area (Å²) in [6.07, 6.45) is 2.53. The van der Waals surface area contributed by atoms with Crippen molar-refractivity contribution in [1.29, 1.82) is 0 Å². The lowest BCUT2D eigenvalue weighted by molar-refractivity contribution is -0.127.